The van der Waals surface area contributed by atoms with E-state index in [9.17, 15) is 0 Å². The Hall–Kier alpha value is -1.67. The quantitative estimate of drug-likeness (QED) is 0.903. The first kappa shape index (κ1) is 13.8. The first-order valence-electron chi connectivity index (χ1n) is 6.89. The zero-order valence-corrected chi connectivity index (χ0v) is 12.0. The van der Waals surface area contributed by atoms with E-state index in [-0.39, 0.29) is 6.04 Å². The molecule has 19 heavy (non-hydrogen) atoms. The largest absolute Gasteiger partial charge is 0.320 e. The van der Waals surface area contributed by atoms with Crippen LogP contribution in [-0.4, -0.2) is 4.98 Å². The summed E-state index contributed by atoms with van der Waals surface area (Å²) in [6.07, 6.45) is 2.30. The van der Waals surface area contributed by atoms with Gasteiger partial charge in [-0.25, -0.2) is 0 Å². The van der Waals surface area contributed by atoms with E-state index in [2.05, 4.69) is 48.3 Å². The number of nitrogens with two attached hydrogens (primary N) is 1. The number of aromatic nitrogens is 1. The van der Waals surface area contributed by atoms with Crippen LogP contribution < -0.4 is 5.73 Å². The molecule has 0 saturated heterocycles. The number of aryl methyl sites for hydroxylation is 3. The van der Waals surface area contributed by atoms with E-state index in [1.165, 1.54) is 12.0 Å². The third kappa shape index (κ3) is 3.42. The number of rotatable bonds is 4. The van der Waals surface area contributed by atoms with Crippen molar-refractivity contribution in [2.45, 2.75) is 39.7 Å². The molecule has 0 fully saturated rings. The van der Waals surface area contributed by atoms with Gasteiger partial charge in [0.1, 0.15) is 0 Å². The van der Waals surface area contributed by atoms with E-state index in [4.69, 9.17) is 5.73 Å². The minimum atomic E-state index is -0.0731. The van der Waals surface area contributed by atoms with Crippen LogP contribution in [0.4, 0.5) is 0 Å². The molecular formula is C17H22N2. The third-order valence-electron chi connectivity index (χ3n) is 3.34. The van der Waals surface area contributed by atoms with Gasteiger partial charge < -0.3 is 5.73 Å². The van der Waals surface area contributed by atoms with Crippen molar-refractivity contribution in [3.05, 3.63) is 64.5 Å². The SMILES string of the molecule is CCCc1ccc(C(N)c2cc(C)nc(C)c2)cc1. The van der Waals surface area contributed by atoms with Gasteiger partial charge in [-0.2, -0.15) is 0 Å². The second-order valence-electron chi connectivity index (χ2n) is 5.15. The summed E-state index contributed by atoms with van der Waals surface area (Å²) >= 11 is 0. The van der Waals surface area contributed by atoms with Crippen molar-refractivity contribution in [1.29, 1.82) is 0 Å². The van der Waals surface area contributed by atoms with Crippen LogP contribution in [0.15, 0.2) is 36.4 Å². The molecule has 2 heteroatoms. The lowest BCUT2D eigenvalue weighted by Gasteiger charge is -2.14. The fourth-order valence-electron chi connectivity index (χ4n) is 2.42. The predicted molar refractivity (Wildman–Crippen MR) is 80.2 cm³/mol. The van der Waals surface area contributed by atoms with Crippen molar-refractivity contribution in [3.63, 3.8) is 0 Å². The first-order chi connectivity index (χ1) is 9.10. The Kier molecular flexibility index (Phi) is 4.33. The minimum Gasteiger partial charge on any atom is -0.320 e. The van der Waals surface area contributed by atoms with E-state index >= 15 is 0 Å². The van der Waals surface area contributed by atoms with Gasteiger partial charge in [0.25, 0.3) is 0 Å². The molecule has 1 heterocycles. The zero-order valence-electron chi connectivity index (χ0n) is 12.0. The molecule has 0 amide bonds. The number of nitrogens with zero attached hydrogens (tertiary/aromatic N) is 1. The summed E-state index contributed by atoms with van der Waals surface area (Å²) in [4.78, 5) is 4.39. The molecule has 1 aromatic heterocycles. The lowest BCUT2D eigenvalue weighted by Crippen LogP contribution is -2.12. The van der Waals surface area contributed by atoms with Gasteiger partial charge in [0.2, 0.25) is 0 Å². The summed E-state index contributed by atoms with van der Waals surface area (Å²) in [5.41, 5.74) is 12.1. The van der Waals surface area contributed by atoms with E-state index in [1.54, 1.807) is 0 Å². The van der Waals surface area contributed by atoms with E-state index in [0.717, 1.165) is 28.9 Å². The van der Waals surface area contributed by atoms with Gasteiger partial charge in [-0.1, -0.05) is 37.6 Å². The van der Waals surface area contributed by atoms with Crippen LogP contribution >= 0.6 is 0 Å². The van der Waals surface area contributed by atoms with Crippen molar-refractivity contribution in [2.75, 3.05) is 0 Å². The number of pyridine rings is 1. The summed E-state index contributed by atoms with van der Waals surface area (Å²) in [5.74, 6) is 0. The molecule has 100 valence electrons. The highest BCUT2D eigenvalue weighted by atomic mass is 14.7. The molecule has 0 spiro atoms. The van der Waals surface area contributed by atoms with Gasteiger partial charge in [-0.05, 0) is 49.1 Å². The lowest BCUT2D eigenvalue weighted by molar-refractivity contribution is 0.855. The van der Waals surface area contributed by atoms with Crippen molar-refractivity contribution in [3.8, 4) is 0 Å². The van der Waals surface area contributed by atoms with E-state index in [1.807, 2.05) is 13.8 Å². The van der Waals surface area contributed by atoms with Crippen LogP contribution in [-0.2, 0) is 6.42 Å². The highest BCUT2D eigenvalue weighted by molar-refractivity contribution is 5.34. The standard InChI is InChI=1S/C17H22N2/c1-4-5-14-6-8-15(9-7-14)17(18)16-10-12(2)19-13(3)11-16/h6-11,17H,4-5,18H2,1-3H3. The van der Waals surface area contributed by atoms with Crippen LogP contribution in [0.1, 0.15) is 47.5 Å². The summed E-state index contributed by atoms with van der Waals surface area (Å²) < 4.78 is 0. The second-order valence-corrected chi connectivity index (χ2v) is 5.15. The molecule has 2 rings (SSSR count). The van der Waals surface area contributed by atoms with Gasteiger partial charge in [0, 0.05) is 11.4 Å². The average molecular weight is 254 g/mol. The molecule has 0 radical (unpaired) electrons. The Balaban J connectivity index is 2.25. The lowest BCUT2D eigenvalue weighted by atomic mass is 9.97. The minimum absolute atomic E-state index is 0.0731. The van der Waals surface area contributed by atoms with Crippen LogP contribution in [0.3, 0.4) is 0 Å². The van der Waals surface area contributed by atoms with Crippen molar-refractivity contribution in [1.82, 2.24) is 4.98 Å². The van der Waals surface area contributed by atoms with Crippen molar-refractivity contribution < 1.29 is 0 Å². The molecule has 1 unspecified atom stereocenters. The van der Waals surface area contributed by atoms with Crippen LogP contribution in [0, 0.1) is 13.8 Å². The van der Waals surface area contributed by atoms with Gasteiger partial charge in [-0.3, -0.25) is 4.98 Å². The molecule has 1 atom stereocenters. The maximum absolute atomic E-state index is 6.35. The number of benzene rings is 1. The van der Waals surface area contributed by atoms with E-state index < -0.39 is 0 Å². The summed E-state index contributed by atoms with van der Waals surface area (Å²) in [6.45, 7) is 6.21. The predicted octanol–water partition coefficient (Wildman–Crippen LogP) is 3.70. The molecule has 0 aliphatic rings. The maximum atomic E-state index is 6.35. The third-order valence-corrected chi connectivity index (χ3v) is 3.34. The van der Waals surface area contributed by atoms with Crippen LogP contribution in [0.5, 0.6) is 0 Å². The van der Waals surface area contributed by atoms with Gasteiger partial charge in [-0.15, -0.1) is 0 Å². The highest BCUT2D eigenvalue weighted by Gasteiger charge is 2.10. The molecule has 2 nitrogen and oxygen atoms in total. The Morgan fingerprint density at radius 1 is 1.00 bits per heavy atom. The van der Waals surface area contributed by atoms with Crippen molar-refractivity contribution in [2.24, 2.45) is 5.73 Å². The Labute approximate surface area is 115 Å². The summed E-state index contributed by atoms with van der Waals surface area (Å²) in [7, 11) is 0. The fourth-order valence-corrected chi connectivity index (χ4v) is 2.42. The summed E-state index contributed by atoms with van der Waals surface area (Å²) in [5, 5.41) is 0. The van der Waals surface area contributed by atoms with Gasteiger partial charge >= 0.3 is 0 Å². The zero-order chi connectivity index (χ0) is 13.8. The smallest absolute Gasteiger partial charge is 0.0552 e. The Morgan fingerprint density at radius 2 is 1.58 bits per heavy atom. The van der Waals surface area contributed by atoms with Gasteiger partial charge in [0.15, 0.2) is 0 Å². The normalized spacial score (nSPS) is 12.4. The van der Waals surface area contributed by atoms with Crippen LogP contribution in [0.25, 0.3) is 0 Å². The molecule has 2 aromatic rings. The average Bonchev–Trinajstić information content (AvgIpc) is 2.38. The molecule has 0 bridgehead atoms. The fraction of sp³-hybridized carbons (Fsp3) is 0.353. The second kappa shape index (κ2) is 5.98. The molecular weight excluding hydrogens is 232 g/mol. The molecule has 2 N–H and O–H groups in total. The highest BCUT2D eigenvalue weighted by Crippen LogP contribution is 2.21. The van der Waals surface area contributed by atoms with Gasteiger partial charge in [0.05, 0.1) is 6.04 Å². The Morgan fingerprint density at radius 3 is 2.11 bits per heavy atom. The van der Waals surface area contributed by atoms with E-state index in [0.29, 0.717) is 0 Å². The molecule has 1 aromatic carbocycles. The summed E-state index contributed by atoms with van der Waals surface area (Å²) in [6, 6.07) is 12.7. The topological polar surface area (TPSA) is 38.9 Å². The number of hydrogen-bond donors (Lipinski definition) is 1. The van der Waals surface area contributed by atoms with Crippen LogP contribution in [0.2, 0.25) is 0 Å². The molecule has 0 aliphatic heterocycles. The Bertz CT molecular complexity index is 523. The maximum Gasteiger partial charge on any atom is 0.0552 e. The van der Waals surface area contributed by atoms with Crippen molar-refractivity contribution >= 4 is 0 Å². The number of hydrogen-bond acceptors (Lipinski definition) is 2. The monoisotopic (exact) mass is 254 g/mol. The first-order valence-corrected chi connectivity index (χ1v) is 6.89. The molecule has 0 aliphatic carbocycles. The molecule has 0 saturated carbocycles.